The van der Waals surface area contributed by atoms with Gasteiger partial charge in [0.15, 0.2) is 0 Å². The molecule has 4 heteroatoms. The summed E-state index contributed by atoms with van der Waals surface area (Å²) in [7, 11) is 1.84. The van der Waals surface area contributed by atoms with Crippen LogP contribution in [0.3, 0.4) is 0 Å². The molecule has 0 aliphatic heterocycles. The molecular weight excluding hydrogens is 270 g/mol. The molecule has 0 saturated heterocycles. The van der Waals surface area contributed by atoms with Crippen LogP contribution >= 0.6 is 15.9 Å². The average molecular weight is 286 g/mol. The lowest BCUT2D eigenvalue weighted by Gasteiger charge is -2.25. The van der Waals surface area contributed by atoms with E-state index in [1.54, 1.807) is 0 Å². The number of hydrogen-bond donors (Lipinski definition) is 1. The van der Waals surface area contributed by atoms with Crippen LogP contribution < -0.4 is 0 Å². The summed E-state index contributed by atoms with van der Waals surface area (Å²) in [6.07, 6.45) is 0.894. The molecule has 3 nitrogen and oxygen atoms in total. The third-order valence-electron chi connectivity index (χ3n) is 2.56. The van der Waals surface area contributed by atoms with Gasteiger partial charge >= 0.3 is 5.97 Å². The molecule has 0 spiro atoms. The van der Waals surface area contributed by atoms with Crippen molar-refractivity contribution in [2.75, 3.05) is 13.6 Å². The van der Waals surface area contributed by atoms with Crippen molar-refractivity contribution in [3.05, 3.63) is 34.3 Å². The second kappa shape index (κ2) is 6.01. The Balaban J connectivity index is 2.81. The molecule has 0 radical (unpaired) electrons. The van der Waals surface area contributed by atoms with E-state index in [-0.39, 0.29) is 12.6 Å². The van der Waals surface area contributed by atoms with Gasteiger partial charge in [-0.1, -0.05) is 35.0 Å². The molecule has 0 saturated carbocycles. The Morgan fingerprint density at radius 1 is 1.44 bits per heavy atom. The van der Waals surface area contributed by atoms with Crippen molar-refractivity contribution in [1.82, 2.24) is 4.90 Å². The number of likely N-dealkylation sites (N-methyl/N-ethyl adjacent to an activating group) is 1. The highest BCUT2D eigenvalue weighted by Crippen LogP contribution is 2.24. The highest BCUT2D eigenvalue weighted by molar-refractivity contribution is 9.10. The lowest BCUT2D eigenvalue weighted by molar-refractivity contribution is -0.138. The lowest BCUT2D eigenvalue weighted by atomic mass is 10.0. The zero-order valence-corrected chi connectivity index (χ0v) is 11.1. The maximum atomic E-state index is 10.7. The third kappa shape index (κ3) is 3.61. The first kappa shape index (κ1) is 13.2. The molecule has 0 aliphatic rings. The first-order chi connectivity index (χ1) is 7.54. The van der Waals surface area contributed by atoms with E-state index < -0.39 is 5.97 Å². The maximum absolute atomic E-state index is 10.7. The molecule has 0 amide bonds. The van der Waals surface area contributed by atoms with Crippen LogP contribution in [0, 0.1) is 0 Å². The number of hydrogen-bond acceptors (Lipinski definition) is 2. The second-order valence-corrected chi connectivity index (χ2v) is 4.70. The summed E-state index contributed by atoms with van der Waals surface area (Å²) in [6.45, 7) is 2.12. The molecule has 88 valence electrons. The predicted molar refractivity (Wildman–Crippen MR) is 67.4 cm³/mol. The zero-order valence-electron chi connectivity index (χ0n) is 9.48. The minimum Gasteiger partial charge on any atom is -0.480 e. The monoisotopic (exact) mass is 285 g/mol. The predicted octanol–water partition coefficient (Wildman–Crippen LogP) is 2.92. The number of rotatable bonds is 5. The van der Waals surface area contributed by atoms with Gasteiger partial charge in [-0.3, -0.25) is 9.69 Å². The molecule has 1 aromatic rings. The first-order valence-electron chi connectivity index (χ1n) is 5.22. The molecule has 1 unspecified atom stereocenters. The lowest BCUT2D eigenvalue weighted by Crippen LogP contribution is -2.29. The van der Waals surface area contributed by atoms with Crippen LogP contribution in [0.2, 0.25) is 0 Å². The van der Waals surface area contributed by atoms with Crippen LogP contribution in [0.4, 0.5) is 0 Å². The Labute approximate surface area is 104 Å². The van der Waals surface area contributed by atoms with Gasteiger partial charge < -0.3 is 5.11 Å². The zero-order chi connectivity index (χ0) is 12.1. The summed E-state index contributed by atoms with van der Waals surface area (Å²) in [5, 5.41) is 8.77. The number of carboxylic acid groups (broad SMARTS) is 1. The minimum absolute atomic E-state index is 0.0641. The summed E-state index contributed by atoms with van der Waals surface area (Å²) in [4.78, 5) is 12.5. The van der Waals surface area contributed by atoms with E-state index in [1.165, 1.54) is 0 Å². The quantitative estimate of drug-likeness (QED) is 0.904. The van der Waals surface area contributed by atoms with Crippen molar-refractivity contribution < 1.29 is 9.90 Å². The van der Waals surface area contributed by atoms with Crippen molar-refractivity contribution in [3.63, 3.8) is 0 Å². The van der Waals surface area contributed by atoms with Gasteiger partial charge in [0.05, 0.1) is 6.54 Å². The number of nitrogens with zero attached hydrogens (tertiary/aromatic N) is 1. The highest BCUT2D eigenvalue weighted by atomic mass is 79.9. The third-order valence-corrected chi connectivity index (χ3v) is 3.09. The van der Waals surface area contributed by atoms with Gasteiger partial charge in [0.1, 0.15) is 0 Å². The normalized spacial score (nSPS) is 12.8. The largest absolute Gasteiger partial charge is 0.480 e. The number of carbonyl (C=O) groups is 1. The van der Waals surface area contributed by atoms with E-state index in [9.17, 15) is 4.79 Å². The van der Waals surface area contributed by atoms with Crippen LogP contribution in [0.1, 0.15) is 24.9 Å². The van der Waals surface area contributed by atoms with E-state index in [0.717, 1.165) is 16.5 Å². The van der Waals surface area contributed by atoms with Crippen LogP contribution in [0.15, 0.2) is 28.7 Å². The van der Waals surface area contributed by atoms with Crippen molar-refractivity contribution in [2.45, 2.75) is 19.4 Å². The van der Waals surface area contributed by atoms with Crippen LogP contribution in [-0.2, 0) is 4.79 Å². The Bertz CT molecular complexity index is 351. The standard InChI is InChI=1S/C12H16BrNO2/c1-3-11(14(2)8-12(15)16)9-4-6-10(13)7-5-9/h4-7,11H,3,8H2,1-2H3,(H,15,16). The van der Waals surface area contributed by atoms with Gasteiger partial charge in [-0.15, -0.1) is 0 Å². The molecule has 0 fully saturated rings. The Morgan fingerprint density at radius 2 is 2.00 bits per heavy atom. The number of halogens is 1. The van der Waals surface area contributed by atoms with Gasteiger partial charge in [-0.25, -0.2) is 0 Å². The summed E-state index contributed by atoms with van der Waals surface area (Å²) in [6, 6.07) is 8.16. The highest BCUT2D eigenvalue weighted by Gasteiger charge is 2.16. The van der Waals surface area contributed by atoms with Gasteiger partial charge in [0.25, 0.3) is 0 Å². The van der Waals surface area contributed by atoms with Gasteiger partial charge in [-0.2, -0.15) is 0 Å². The van der Waals surface area contributed by atoms with Crippen molar-refractivity contribution in [2.24, 2.45) is 0 Å². The van der Waals surface area contributed by atoms with Crippen molar-refractivity contribution in [3.8, 4) is 0 Å². The fourth-order valence-electron chi connectivity index (χ4n) is 1.81. The van der Waals surface area contributed by atoms with Crippen molar-refractivity contribution in [1.29, 1.82) is 0 Å². The Morgan fingerprint density at radius 3 is 2.44 bits per heavy atom. The number of benzene rings is 1. The topological polar surface area (TPSA) is 40.5 Å². The maximum Gasteiger partial charge on any atom is 0.317 e. The van der Waals surface area contributed by atoms with Crippen LogP contribution in [-0.4, -0.2) is 29.6 Å². The summed E-state index contributed by atoms with van der Waals surface area (Å²) < 4.78 is 1.03. The molecule has 0 aliphatic carbocycles. The molecule has 1 aromatic carbocycles. The number of aliphatic carboxylic acids is 1. The van der Waals surface area contributed by atoms with Gasteiger partial charge in [-0.05, 0) is 31.2 Å². The molecule has 0 heterocycles. The van der Waals surface area contributed by atoms with Gasteiger partial charge in [0.2, 0.25) is 0 Å². The fraction of sp³-hybridized carbons (Fsp3) is 0.417. The van der Waals surface area contributed by atoms with E-state index in [4.69, 9.17) is 5.11 Å². The average Bonchev–Trinajstić information content (AvgIpc) is 2.21. The molecule has 16 heavy (non-hydrogen) atoms. The summed E-state index contributed by atoms with van der Waals surface area (Å²) in [5.74, 6) is -0.793. The van der Waals surface area contributed by atoms with Crippen molar-refractivity contribution >= 4 is 21.9 Å². The Hall–Kier alpha value is -0.870. The van der Waals surface area contributed by atoms with Crippen LogP contribution in [0.5, 0.6) is 0 Å². The molecule has 0 bridgehead atoms. The SMILES string of the molecule is CCC(c1ccc(Br)cc1)N(C)CC(=O)O. The van der Waals surface area contributed by atoms with Crippen LogP contribution in [0.25, 0.3) is 0 Å². The minimum atomic E-state index is -0.793. The van der Waals surface area contributed by atoms with E-state index in [2.05, 4.69) is 22.9 Å². The molecule has 1 rings (SSSR count). The van der Waals surface area contributed by atoms with E-state index >= 15 is 0 Å². The molecule has 1 N–H and O–H groups in total. The molecule has 0 aromatic heterocycles. The van der Waals surface area contributed by atoms with E-state index in [0.29, 0.717) is 0 Å². The first-order valence-corrected chi connectivity index (χ1v) is 6.01. The fourth-order valence-corrected chi connectivity index (χ4v) is 2.07. The molecule has 1 atom stereocenters. The number of carboxylic acids is 1. The second-order valence-electron chi connectivity index (χ2n) is 3.78. The van der Waals surface area contributed by atoms with Gasteiger partial charge in [0, 0.05) is 10.5 Å². The summed E-state index contributed by atoms with van der Waals surface area (Å²) in [5.41, 5.74) is 1.15. The summed E-state index contributed by atoms with van der Waals surface area (Å²) >= 11 is 3.39. The van der Waals surface area contributed by atoms with E-state index in [1.807, 2.05) is 36.2 Å². The Kier molecular flexibility index (Phi) is 4.96. The molecular formula is C12H16BrNO2. The smallest absolute Gasteiger partial charge is 0.317 e.